The molecular formula is C19H25ClN2O2. The highest BCUT2D eigenvalue weighted by Gasteiger charge is 2.31. The van der Waals surface area contributed by atoms with Gasteiger partial charge in [-0.05, 0) is 47.7 Å². The fourth-order valence-electron chi connectivity index (χ4n) is 3.53. The normalized spacial score (nSPS) is 21.2. The smallest absolute Gasteiger partial charge is 0.223 e. The standard InChI is InChI=1S/C19H24N2O2.ClH/c20-11-16-6-3-7-17(16)19(23)21-12-18(22)15-9-8-13-4-1-2-5-14(13)10-15;/h1-2,4-5,8-10,16-18,22H,3,6-7,11-12,20H2,(H,21,23);1H/t16-,17-,18?;/m1./s1. The second-order valence-corrected chi connectivity index (χ2v) is 6.40. The van der Waals surface area contributed by atoms with Crippen molar-refractivity contribution in [3.63, 3.8) is 0 Å². The Morgan fingerprint density at radius 2 is 1.96 bits per heavy atom. The number of hydrogen-bond acceptors (Lipinski definition) is 3. The van der Waals surface area contributed by atoms with Gasteiger partial charge in [-0.3, -0.25) is 4.79 Å². The van der Waals surface area contributed by atoms with Gasteiger partial charge in [-0.15, -0.1) is 12.4 Å². The van der Waals surface area contributed by atoms with E-state index in [2.05, 4.69) is 5.32 Å². The molecule has 1 unspecified atom stereocenters. The van der Waals surface area contributed by atoms with Gasteiger partial charge in [0.15, 0.2) is 0 Å². The van der Waals surface area contributed by atoms with E-state index in [1.807, 2.05) is 42.5 Å². The second-order valence-electron chi connectivity index (χ2n) is 6.40. The Balaban J connectivity index is 0.00000208. The van der Waals surface area contributed by atoms with Crippen LogP contribution in [0.2, 0.25) is 0 Å². The number of hydrogen-bond donors (Lipinski definition) is 3. The monoisotopic (exact) mass is 348 g/mol. The maximum atomic E-state index is 12.3. The van der Waals surface area contributed by atoms with E-state index in [1.54, 1.807) is 0 Å². The molecule has 24 heavy (non-hydrogen) atoms. The van der Waals surface area contributed by atoms with E-state index >= 15 is 0 Å². The van der Waals surface area contributed by atoms with Crippen LogP contribution in [0.5, 0.6) is 0 Å². The van der Waals surface area contributed by atoms with Crippen molar-refractivity contribution < 1.29 is 9.90 Å². The zero-order chi connectivity index (χ0) is 16.2. The predicted octanol–water partition coefficient (Wildman–Crippen LogP) is 2.79. The third-order valence-corrected chi connectivity index (χ3v) is 4.93. The Bertz CT molecular complexity index is 692. The SMILES string of the molecule is Cl.NC[C@H]1CCC[C@H]1C(=O)NCC(O)c1ccc2ccccc2c1. The van der Waals surface area contributed by atoms with Gasteiger partial charge in [0.25, 0.3) is 0 Å². The van der Waals surface area contributed by atoms with Crippen molar-refractivity contribution in [1.29, 1.82) is 0 Å². The number of aliphatic hydroxyl groups excluding tert-OH is 1. The van der Waals surface area contributed by atoms with Crippen molar-refractivity contribution in [1.82, 2.24) is 5.32 Å². The maximum Gasteiger partial charge on any atom is 0.223 e. The molecule has 0 heterocycles. The molecule has 5 heteroatoms. The molecule has 2 aromatic carbocycles. The first kappa shape index (κ1) is 18.7. The number of nitrogens with one attached hydrogen (secondary N) is 1. The summed E-state index contributed by atoms with van der Waals surface area (Å²) in [4.78, 5) is 12.3. The van der Waals surface area contributed by atoms with Crippen LogP contribution in [0.15, 0.2) is 42.5 Å². The zero-order valence-electron chi connectivity index (χ0n) is 13.7. The summed E-state index contributed by atoms with van der Waals surface area (Å²) in [6.45, 7) is 0.802. The van der Waals surface area contributed by atoms with Crippen LogP contribution in [-0.4, -0.2) is 24.1 Å². The van der Waals surface area contributed by atoms with Gasteiger partial charge < -0.3 is 16.2 Å². The summed E-state index contributed by atoms with van der Waals surface area (Å²) in [5, 5.41) is 15.5. The van der Waals surface area contributed by atoms with E-state index in [1.165, 1.54) is 0 Å². The molecule has 0 bridgehead atoms. The Labute approximate surface area is 148 Å². The Morgan fingerprint density at radius 1 is 1.21 bits per heavy atom. The Hall–Kier alpha value is -1.62. The molecule has 4 nitrogen and oxygen atoms in total. The summed E-state index contributed by atoms with van der Waals surface area (Å²) in [7, 11) is 0. The molecule has 0 aromatic heterocycles. The number of rotatable bonds is 5. The summed E-state index contributed by atoms with van der Waals surface area (Å²) in [6.07, 6.45) is 2.30. The van der Waals surface area contributed by atoms with Crippen LogP contribution < -0.4 is 11.1 Å². The topological polar surface area (TPSA) is 75.4 Å². The molecule has 1 aliphatic carbocycles. The molecule has 1 amide bonds. The maximum absolute atomic E-state index is 12.3. The molecule has 130 valence electrons. The molecule has 1 saturated carbocycles. The highest BCUT2D eigenvalue weighted by molar-refractivity contribution is 5.85. The first-order valence-corrected chi connectivity index (χ1v) is 8.33. The molecule has 3 atom stereocenters. The summed E-state index contributed by atoms with van der Waals surface area (Å²) in [5.41, 5.74) is 6.56. The van der Waals surface area contributed by atoms with Crippen molar-refractivity contribution in [3.05, 3.63) is 48.0 Å². The number of amides is 1. The number of carbonyl (C=O) groups is 1. The van der Waals surface area contributed by atoms with E-state index in [0.29, 0.717) is 6.54 Å². The number of benzene rings is 2. The highest BCUT2D eigenvalue weighted by Crippen LogP contribution is 2.31. The van der Waals surface area contributed by atoms with Crippen LogP contribution >= 0.6 is 12.4 Å². The van der Waals surface area contributed by atoms with Gasteiger partial charge >= 0.3 is 0 Å². The molecule has 1 aliphatic rings. The van der Waals surface area contributed by atoms with E-state index in [0.717, 1.165) is 35.6 Å². The zero-order valence-corrected chi connectivity index (χ0v) is 14.5. The average molecular weight is 349 g/mol. The van der Waals surface area contributed by atoms with Crippen LogP contribution in [0.1, 0.15) is 30.9 Å². The lowest BCUT2D eigenvalue weighted by atomic mass is 9.95. The van der Waals surface area contributed by atoms with Gasteiger partial charge in [0.05, 0.1) is 6.10 Å². The minimum atomic E-state index is -0.693. The summed E-state index contributed by atoms with van der Waals surface area (Å²) < 4.78 is 0. The van der Waals surface area contributed by atoms with Crippen molar-refractivity contribution in [2.75, 3.05) is 13.1 Å². The van der Waals surface area contributed by atoms with Gasteiger partial charge in [-0.25, -0.2) is 0 Å². The molecule has 2 aromatic rings. The molecule has 1 fully saturated rings. The highest BCUT2D eigenvalue weighted by atomic mass is 35.5. The summed E-state index contributed by atoms with van der Waals surface area (Å²) in [5.74, 6) is 0.314. The first-order valence-electron chi connectivity index (χ1n) is 8.33. The predicted molar refractivity (Wildman–Crippen MR) is 99.1 cm³/mol. The third kappa shape index (κ3) is 4.07. The summed E-state index contributed by atoms with van der Waals surface area (Å²) >= 11 is 0. The lowest BCUT2D eigenvalue weighted by Gasteiger charge is -2.19. The molecule has 4 N–H and O–H groups in total. The van der Waals surface area contributed by atoms with Gasteiger partial charge in [0.1, 0.15) is 0 Å². The third-order valence-electron chi connectivity index (χ3n) is 4.93. The minimum absolute atomic E-state index is 0. The molecule has 0 radical (unpaired) electrons. The lowest BCUT2D eigenvalue weighted by Crippen LogP contribution is -2.37. The van der Waals surface area contributed by atoms with Crippen LogP contribution in [0, 0.1) is 11.8 Å². The van der Waals surface area contributed by atoms with Crippen LogP contribution in [0.4, 0.5) is 0 Å². The number of halogens is 1. The molecule has 0 saturated heterocycles. The lowest BCUT2D eigenvalue weighted by molar-refractivity contribution is -0.126. The molecule has 0 aliphatic heterocycles. The van der Waals surface area contributed by atoms with E-state index < -0.39 is 6.10 Å². The second kappa shape index (κ2) is 8.47. The van der Waals surface area contributed by atoms with Crippen molar-refractivity contribution in [2.45, 2.75) is 25.4 Å². The van der Waals surface area contributed by atoms with E-state index in [9.17, 15) is 9.90 Å². The van der Waals surface area contributed by atoms with E-state index in [-0.39, 0.29) is 36.7 Å². The number of fused-ring (bicyclic) bond motifs is 1. The molecule has 3 rings (SSSR count). The molecule has 0 spiro atoms. The minimum Gasteiger partial charge on any atom is -0.387 e. The van der Waals surface area contributed by atoms with Crippen molar-refractivity contribution in [3.8, 4) is 0 Å². The average Bonchev–Trinajstić information content (AvgIpc) is 3.07. The van der Waals surface area contributed by atoms with Crippen molar-refractivity contribution >= 4 is 29.1 Å². The van der Waals surface area contributed by atoms with E-state index in [4.69, 9.17) is 5.73 Å². The number of carbonyl (C=O) groups excluding carboxylic acids is 1. The fourth-order valence-corrected chi connectivity index (χ4v) is 3.53. The van der Waals surface area contributed by atoms with Gasteiger partial charge in [0.2, 0.25) is 5.91 Å². The van der Waals surface area contributed by atoms with Crippen molar-refractivity contribution in [2.24, 2.45) is 17.6 Å². The quantitative estimate of drug-likeness (QED) is 0.777. The van der Waals surface area contributed by atoms with Crippen LogP contribution in [-0.2, 0) is 4.79 Å². The Morgan fingerprint density at radius 3 is 2.71 bits per heavy atom. The largest absolute Gasteiger partial charge is 0.387 e. The van der Waals surface area contributed by atoms with Gasteiger partial charge in [-0.2, -0.15) is 0 Å². The number of nitrogens with two attached hydrogens (primary N) is 1. The number of aliphatic hydroxyl groups is 1. The van der Waals surface area contributed by atoms with Crippen LogP contribution in [0.25, 0.3) is 10.8 Å². The molecular weight excluding hydrogens is 324 g/mol. The van der Waals surface area contributed by atoms with Crippen LogP contribution in [0.3, 0.4) is 0 Å². The van der Waals surface area contributed by atoms with Gasteiger partial charge in [0, 0.05) is 12.5 Å². The first-order chi connectivity index (χ1) is 11.2. The Kier molecular flexibility index (Phi) is 6.60. The summed E-state index contributed by atoms with van der Waals surface area (Å²) in [6, 6.07) is 13.9. The van der Waals surface area contributed by atoms with Gasteiger partial charge in [-0.1, -0.05) is 42.8 Å². The fraction of sp³-hybridized carbons (Fsp3) is 0.421.